The Balaban J connectivity index is 2.24. The Labute approximate surface area is 116 Å². The molecule has 18 heavy (non-hydrogen) atoms. The van der Waals surface area contributed by atoms with E-state index in [1.807, 2.05) is 0 Å². The summed E-state index contributed by atoms with van der Waals surface area (Å²) in [6.07, 6.45) is 3.95. The van der Waals surface area contributed by atoms with Gasteiger partial charge in [0.05, 0.1) is 10.4 Å². The normalized spacial score (nSPS) is 19.3. The van der Waals surface area contributed by atoms with Crippen molar-refractivity contribution in [2.24, 2.45) is 0 Å². The lowest BCUT2D eigenvalue weighted by molar-refractivity contribution is 0.338. The lowest BCUT2D eigenvalue weighted by atomic mass is 9.84. The van der Waals surface area contributed by atoms with Crippen LogP contribution in [0, 0.1) is 11.3 Å². The van der Waals surface area contributed by atoms with Crippen LogP contribution in [-0.4, -0.2) is 14.0 Å². The first-order chi connectivity index (χ1) is 8.47. The van der Waals surface area contributed by atoms with Crippen molar-refractivity contribution in [1.82, 2.24) is 4.72 Å². The standard InChI is InChI=1S/C11H13ClN2O2S2/c12-9-4-5-10(17-9)18(15,16)14-11(8-13)6-2-1-3-7-11/h4-5,14H,1-3,6-7H2. The van der Waals surface area contributed by atoms with Crippen LogP contribution in [0.1, 0.15) is 32.1 Å². The summed E-state index contributed by atoms with van der Waals surface area (Å²) < 4.78 is 27.5. The van der Waals surface area contributed by atoms with E-state index in [2.05, 4.69) is 10.8 Å². The number of nitriles is 1. The Morgan fingerprint density at radius 3 is 2.50 bits per heavy atom. The fourth-order valence-electron chi connectivity index (χ4n) is 2.14. The number of halogens is 1. The smallest absolute Gasteiger partial charge is 0.206 e. The van der Waals surface area contributed by atoms with Gasteiger partial charge in [0.1, 0.15) is 9.75 Å². The molecule has 2 rings (SSSR count). The number of nitrogens with one attached hydrogen (secondary N) is 1. The van der Waals surface area contributed by atoms with Crippen LogP contribution in [0.5, 0.6) is 0 Å². The first-order valence-electron chi connectivity index (χ1n) is 5.68. The molecule has 0 atom stereocenters. The third-order valence-electron chi connectivity index (χ3n) is 3.06. The van der Waals surface area contributed by atoms with Crippen LogP contribution in [0.2, 0.25) is 4.34 Å². The van der Waals surface area contributed by atoms with Gasteiger partial charge in [0.25, 0.3) is 10.0 Å². The highest BCUT2D eigenvalue weighted by Gasteiger charge is 2.37. The lowest BCUT2D eigenvalue weighted by Gasteiger charge is -2.30. The Hall–Kier alpha value is -0.610. The van der Waals surface area contributed by atoms with E-state index in [1.165, 1.54) is 6.07 Å². The molecule has 0 bridgehead atoms. The van der Waals surface area contributed by atoms with E-state index in [0.717, 1.165) is 30.6 Å². The summed E-state index contributed by atoms with van der Waals surface area (Å²) in [6, 6.07) is 5.14. The van der Waals surface area contributed by atoms with E-state index in [9.17, 15) is 13.7 Å². The molecule has 0 aromatic carbocycles. The molecular formula is C11H13ClN2O2S2. The van der Waals surface area contributed by atoms with E-state index in [0.29, 0.717) is 17.2 Å². The summed E-state index contributed by atoms with van der Waals surface area (Å²) in [4.78, 5) is 0. The molecule has 1 aliphatic carbocycles. The van der Waals surface area contributed by atoms with Crippen molar-refractivity contribution >= 4 is 33.0 Å². The quantitative estimate of drug-likeness (QED) is 0.933. The largest absolute Gasteiger partial charge is 0.251 e. The van der Waals surface area contributed by atoms with Gasteiger partial charge in [0, 0.05) is 0 Å². The van der Waals surface area contributed by atoms with Gasteiger partial charge in [-0.25, -0.2) is 8.42 Å². The van der Waals surface area contributed by atoms with Crippen LogP contribution in [0.25, 0.3) is 0 Å². The molecule has 0 radical (unpaired) electrons. The molecule has 1 aliphatic rings. The number of rotatable bonds is 3. The molecule has 1 saturated carbocycles. The summed E-state index contributed by atoms with van der Waals surface area (Å²) in [5.74, 6) is 0. The molecule has 1 aromatic heterocycles. The highest BCUT2D eigenvalue weighted by Crippen LogP contribution is 2.31. The number of nitrogens with zero attached hydrogens (tertiary/aromatic N) is 1. The van der Waals surface area contributed by atoms with Gasteiger partial charge in [-0.05, 0) is 25.0 Å². The molecule has 1 N–H and O–H groups in total. The minimum Gasteiger partial charge on any atom is -0.206 e. The Morgan fingerprint density at radius 2 is 2.00 bits per heavy atom. The van der Waals surface area contributed by atoms with Gasteiger partial charge in [-0.15, -0.1) is 11.3 Å². The summed E-state index contributed by atoms with van der Waals surface area (Å²) in [5, 5.41) is 9.26. The molecule has 4 nitrogen and oxygen atoms in total. The average molecular weight is 305 g/mol. The van der Waals surface area contributed by atoms with Crippen molar-refractivity contribution in [1.29, 1.82) is 5.26 Å². The third-order valence-corrected chi connectivity index (χ3v) is 6.32. The van der Waals surface area contributed by atoms with Crippen LogP contribution in [0.15, 0.2) is 16.3 Å². The molecule has 0 saturated heterocycles. The fourth-order valence-corrected chi connectivity index (χ4v) is 5.00. The number of hydrogen-bond acceptors (Lipinski definition) is 4. The van der Waals surface area contributed by atoms with Gasteiger partial charge in [0.2, 0.25) is 0 Å². The fraction of sp³-hybridized carbons (Fsp3) is 0.545. The van der Waals surface area contributed by atoms with Crippen molar-refractivity contribution in [3.8, 4) is 6.07 Å². The van der Waals surface area contributed by atoms with Crippen molar-refractivity contribution < 1.29 is 8.42 Å². The van der Waals surface area contributed by atoms with Crippen LogP contribution in [-0.2, 0) is 10.0 Å². The van der Waals surface area contributed by atoms with Crippen molar-refractivity contribution in [2.45, 2.75) is 41.9 Å². The van der Waals surface area contributed by atoms with Crippen LogP contribution < -0.4 is 4.72 Å². The number of sulfonamides is 1. The molecule has 1 heterocycles. The summed E-state index contributed by atoms with van der Waals surface area (Å²) in [5.41, 5.74) is -0.951. The molecular weight excluding hydrogens is 292 g/mol. The SMILES string of the molecule is N#CC1(NS(=O)(=O)c2ccc(Cl)s2)CCCCC1. The van der Waals surface area contributed by atoms with Crippen molar-refractivity contribution in [2.75, 3.05) is 0 Å². The molecule has 0 amide bonds. The Bertz CT molecular complexity index is 568. The molecule has 0 unspecified atom stereocenters. The maximum absolute atomic E-state index is 12.2. The Morgan fingerprint density at radius 1 is 1.33 bits per heavy atom. The molecule has 7 heteroatoms. The summed E-state index contributed by atoms with van der Waals surface area (Å²) in [6.45, 7) is 0. The second kappa shape index (κ2) is 5.17. The minimum atomic E-state index is -3.65. The topological polar surface area (TPSA) is 70.0 Å². The second-order valence-electron chi connectivity index (χ2n) is 4.42. The van der Waals surface area contributed by atoms with Gasteiger partial charge in [0.15, 0.2) is 0 Å². The van der Waals surface area contributed by atoms with Crippen LogP contribution >= 0.6 is 22.9 Å². The highest BCUT2D eigenvalue weighted by molar-refractivity contribution is 7.91. The van der Waals surface area contributed by atoms with Crippen molar-refractivity contribution in [3.05, 3.63) is 16.5 Å². The van der Waals surface area contributed by atoms with E-state index >= 15 is 0 Å². The maximum atomic E-state index is 12.2. The van der Waals surface area contributed by atoms with E-state index in [1.54, 1.807) is 6.07 Å². The maximum Gasteiger partial charge on any atom is 0.251 e. The van der Waals surface area contributed by atoms with Gasteiger partial charge >= 0.3 is 0 Å². The predicted octanol–water partition coefficient (Wildman–Crippen LogP) is 2.91. The zero-order valence-corrected chi connectivity index (χ0v) is 12.0. The lowest BCUT2D eigenvalue weighted by Crippen LogP contribution is -2.48. The van der Waals surface area contributed by atoms with Gasteiger partial charge in [-0.1, -0.05) is 30.9 Å². The zero-order valence-electron chi connectivity index (χ0n) is 9.65. The zero-order chi connectivity index (χ0) is 13.2. The van der Waals surface area contributed by atoms with Crippen LogP contribution in [0.4, 0.5) is 0 Å². The van der Waals surface area contributed by atoms with E-state index in [4.69, 9.17) is 11.6 Å². The monoisotopic (exact) mass is 304 g/mol. The molecule has 1 fully saturated rings. The average Bonchev–Trinajstić information content (AvgIpc) is 2.77. The van der Waals surface area contributed by atoms with E-state index in [-0.39, 0.29) is 4.21 Å². The van der Waals surface area contributed by atoms with Crippen molar-refractivity contribution in [3.63, 3.8) is 0 Å². The summed E-state index contributed by atoms with van der Waals surface area (Å²) in [7, 11) is -3.65. The van der Waals surface area contributed by atoms with Gasteiger partial charge in [-0.3, -0.25) is 0 Å². The molecule has 0 aliphatic heterocycles. The highest BCUT2D eigenvalue weighted by atomic mass is 35.5. The molecule has 0 spiro atoms. The first-order valence-corrected chi connectivity index (χ1v) is 8.36. The number of hydrogen-bond donors (Lipinski definition) is 1. The Kier molecular flexibility index (Phi) is 3.97. The number of thiophene rings is 1. The molecule has 98 valence electrons. The molecule has 1 aromatic rings. The second-order valence-corrected chi connectivity index (χ2v) is 8.04. The summed E-state index contributed by atoms with van der Waals surface area (Å²) >= 11 is 6.74. The first kappa shape index (κ1) is 13.8. The minimum absolute atomic E-state index is 0.160. The van der Waals surface area contributed by atoms with Gasteiger partial charge < -0.3 is 0 Å². The predicted molar refractivity (Wildman–Crippen MR) is 71.1 cm³/mol. The third kappa shape index (κ3) is 2.86. The van der Waals surface area contributed by atoms with Gasteiger partial charge in [-0.2, -0.15) is 9.98 Å². The van der Waals surface area contributed by atoms with Crippen LogP contribution in [0.3, 0.4) is 0 Å². The van der Waals surface area contributed by atoms with E-state index < -0.39 is 15.6 Å².